The lowest BCUT2D eigenvalue weighted by Crippen LogP contribution is -2.38. The Kier molecular flexibility index (Phi) is 7.25. The summed E-state index contributed by atoms with van der Waals surface area (Å²) in [7, 11) is 0. The van der Waals surface area contributed by atoms with Crippen molar-refractivity contribution >= 4 is 17.6 Å². The van der Waals surface area contributed by atoms with E-state index in [-0.39, 0.29) is 0 Å². The Labute approximate surface area is 177 Å². The smallest absolute Gasteiger partial charge is 0.191 e. The molecule has 0 saturated heterocycles. The standard InChI is InChI=1S/C22H27ClN6/c1-4-24-22(25-12-11-18-5-8-20(23)9-6-18)27-15-19-7-10-21(26-14-19)29-17(3)13-16(2)28-29/h5-10,13-14H,4,11-12,15H2,1-3H3,(H2,24,25,27). The molecule has 0 amide bonds. The van der Waals surface area contributed by atoms with Crippen LogP contribution in [0.5, 0.6) is 0 Å². The normalized spacial score (nSPS) is 11.5. The van der Waals surface area contributed by atoms with E-state index in [1.165, 1.54) is 5.56 Å². The molecule has 0 aliphatic heterocycles. The first-order chi connectivity index (χ1) is 14.0. The number of halogens is 1. The lowest BCUT2D eigenvalue weighted by molar-refractivity contribution is 0.794. The van der Waals surface area contributed by atoms with Gasteiger partial charge in [0.15, 0.2) is 11.8 Å². The molecular formula is C22H27ClN6. The van der Waals surface area contributed by atoms with Gasteiger partial charge in [-0.25, -0.2) is 14.7 Å². The summed E-state index contributed by atoms with van der Waals surface area (Å²) in [5.74, 6) is 1.61. The first-order valence-corrected chi connectivity index (χ1v) is 10.2. The highest BCUT2D eigenvalue weighted by Gasteiger charge is 2.05. The summed E-state index contributed by atoms with van der Waals surface area (Å²) in [4.78, 5) is 9.20. The predicted molar refractivity (Wildman–Crippen MR) is 119 cm³/mol. The van der Waals surface area contributed by atoms with Gasteiger partial charge in [-0.1, -0.05) is 29.8 Å². The summed E-state index contributed by atoms with van der Waals surface area (Å²) in [5.41, 5.74) is 4.34. The van der Waals surface area contributed by atoms with Gasteiger partial charge in [-0.15, -0.1) is 0 Å². The van der Waals surface area contributed by atoms with E-state index < -0.39 is 0 Å². The number of aromatic nitrogens is 3. The first kappa shape index (κ1) is 20.9. The van der Waals surface area contributed by atoms with Crippen molar-refractivity contribution in [2.45, 2.75) is 33.7 Å². The molecule has 6 nitrogen and oxygen atoms in total. The molecule has 0 aliphatic carbocycles. The van der Waals surface area contributed by atoms with E-state index in [4.69, 9.17) is 11.6 Å². The molecule has 0 spiro atoms. The zero-order valence-electron chi connectivity index (χ0n) is 17.1. The van der Waals surface area contributed by atoms with Crippen LogP contribution in [0.3, 0.4) is 0 Å². The Hall–Kier alpha value is -2.86. The molecule has 0 fully saturated rings. The minimum absolute atomic E-state index is 0.556. The van der Waals surface area contributed by atoms with E-state index in [1.807, 2.05) is 67.2 Å². The highest BCUT2D eigenvalue weighted by Crippen LogP contribution is 2.11. The van der Waals surface area contributed by atoms with Crippen molar-refractivity contribution in [3.63, 3.8) is 0 Å². The van der Waals surface area contributed by atoms with Gasteiger partial charge in [-0.05, 0) is 62.6 Å². The van der Waals surface area contributed by atoms with E-state index in [0.717, 1.165) is 53.3 Å². The van der Waals surface area contributed by atoms with Crippen LogP contribution in [0.15, 0.2) is 53.7 Å². The monoisotopic (exact) mass is 410 g/mol. The third-order valence-corrected chi connectivity index (χ3v) is 4.67. The van der Waals surface area contributed by atoms with Crippen LogP contribution >= 0.6 is 11.6 Å². The maximum absolute atomic E-state index is 5.94. The SMILES string of the molecule is CCNC(=NCc1ccc(-n2nc(C)cc2C)nc1)NCCc1ccc(Cl)cc1. The molecule has 3 rings (SSSR count). The third kappa shape index (κ3) is 6.06. The lowest BCUT2D eigenvalue weighted by Gasteiger charge is -2.11. The van der Waals surface area contributed by atoms with Crippen LogP contribution in [-0.2, 0) is 13.0 Å². The molecule has 29 heavy (non-hydrogen) atoms. The summed E-state index contributed by atoms with van der Waals surface area (Å²) < 4.78 is 1.85. The fourth-order valence-corrected chi connectivity index (χ4v) is 3.11. The summed E-state index contributed by atoms with van der Waals surface area (Å²) in [6.45, 7) is 8.22. The lowest BCUT2D eigenvalue weighted by atomic mass is 10.1. The van der Waals surface area contributed by atoms with Crippen LogP contribution in [0.4, 0.5) is 0 Å². The van der Waals surface area contributed by atoms with Crippen LogP contribution in [-0.4, -0.2) is 33.8 Å². The molecule has 2 N–H and O–H groups in total. The van der Waals surface area contributed by atoms with E-state index in [2.05, 4.69) is 32.6 Å². The largest absolute Gasteiger partial charge is 0.357 e. The van der Waals surface area contributed by atoms with Crippen molar-refractivity contribution in [1.82, 2.24) is 25.4 Å². The Morgan fingerprint density at radius 3 is 2.45 bits per heavy atom. The van der Waals surface area contributed by atoms with Gasteiger partial charge in [0.05, 0.1) is 12.2 Å². The highest BCUT2D eigenvalue weighted by molar-refractivity contribution is 6.30. The molecule has 0 atom stereocenters. The third-order valence-electron chi connectivity index (χ3n) is 4.42. The van der Waals surface area contributed by atoms with Crippen LogP contribution in [0.1, 0.15) is 29.4 Å². The number of aliphatic imine (C=N–C) groups is 1. The maximum Gasteiger partial charge on any atom is 0.191 e. The Balaban J connectivity index is 1.57. The number of hydrogen-bond acceptors (Lipinski definition) is 3. The number of aryl methyl sites for hydroxylation is 2. The second-order valence-electron chi connectivity index (χ2n) is 6.86. The van der Waals surface area contributed by atoms with Crippen LogP contribution in [0.25, 0.3) is 5.82 Å². The number of pyridine rings is 1. The van der Waals surface area contributed by atoms with Crippen molar-refractivity contribution in [1.29, 1.82) is 0 Å². The average Bonchev–Trinajstić information content (AvgIpc) is 3.06. The summed E-state index contributed by atoms with van der Waals surface area (Å²) >= 11 is 5.94. The average molecular weight is 411 g/mol. The number of benzene rings is 1. The molecule has 0 aliphatic rings. The number of guanidine groups is 1. The Morgan fingerprint density at radius 2 is 1.83 bits per heavy atom. The molecule has 3 aromatic rings. The quantitative estimate of drug-likeness (QED) is 0.458. The van der Waals surface area contributed by atoms with E-state index >= 15 is 0 Å². The van der Waals surface area contributed by atoms with E-state index in [1.54, 1.807) is 0 Å². The molecule has 0 radical (unpaired) electrons. The van der Waals surface area contributed by atoms with Crippen molar-refractivity contribution in [2.24, 2.45) is 4.99 Å². The van der Waals surface area contributed by atoms with Gasteiger partial charge in [0, 0.05) is 30.0 Å². The fraction of sp³-hybridized carbons (Fsp3) is 0.318. The number of hydrogen-bond donors (Lipinski definition) is 2. The highest BCUT2D eigenvalue weighted by atomic mass is 35.5. The maximum atomic E-state index is 5.94. The number of rotatable bonds is 7. The Bertz CT molecular complexity index is 944. The van der Waals surface area contributed by atoms with Crippen molar-refractivity contribution in [3.05, 3.63) is 76.2 Å². The van der Waals surface area contributed by atoms with Crippen molar-refractivity contribution in [2.75, 3.05) is 13.1 Å². The van der Waals surface area contributed by atoms with E-state index in [9.17, 15) is 0 Å². The van der Waals surface area contributed by atoms with Crippen LogP contribution in [0, 0.1) is 13.8 Å². The second kappa shape index (κ2) is 10.1. The van der Waals surface area contributed by atoms with Crippen LogP contribution < -0.4 is 10.6 Å². The molecule has 0 unspecified atom stereocenters. The molecule has 152 valence electrons. The molecule has 7 heteroatoms. The van der Waals surface area contributed by atoms with Crippen molar-refractivity contribution < 1.29 is 0 Å². The molecule has 0 bridgehead atoms. The Morgan fingerprint density at radius 1 is 1.07 bits per heavy atom. The summed E-state index contributed by atoms with van der Waals surface area (Å²) in [6.07, 6.45) is 2.76. The van der Waals surface area contributed by atoms with Gasteiger partial charge < -0.3 is 10.6 Å². The molecule has 1 aromatic carbocycles. The zero-order chi connectivity index (χ0) is 20.6. The van der Waals surface area contributed by atoms with Gasteiger partial charge in [0.1, 0.15) is 0 Å². The van der Waals surface area contributed by atoms with Gasteiger partial charge in [0.2, 0.25) is 0 Å². The summed E-state index contributed by atoms with van der Waals surface area (Å²) in [5, 5.41) is 11.9. The van der Waals surface area contributed by atoms with Gasteiger partial charge in [-0.3, -0.25) is 0 Å². The number of nitrogens with zero attached hydrogens (tertiary/aromatic N) is 4. The minimum Gasteiger partial charge on any atom is -0.357 e. The van der Waals surface area contributed by atoms with Gasteiger partial charge in [-0.2, -0.15) is 5.10 Å². The van der Waals surface area contributed by atoms with Crippen molar-refractivity contribution in [3.8, 4) is 5.82 Å². The molecular weight excluding hydrogens is 384 g/mol. The van der Waals surface area contributed by atoms with Gasteiger partial charge >= 0.3 is 0 Å². The molecule has 0 saturated carbocycles. The molecule has 2 aromatic heterocycles. The second-order valence-corrected chi connectivity index (χ2v) is 7.30. The van der Waals surface area contributed by atoms with E-state index in [0.29, 0.717) is 6.54 Å². The first-order valence-electron chi connectivity index (χ1n) is 9.80. The predicted octanol–water partition coefficient (Wildman–Crippen LogP) is 3.84. The minimum atomic E-state index is 0.556. The molecule has 2 heterocycles. The summed E-state index contributed by atoms with van der Waals surface area (Å²) in [6, 6.07) is 14.0. The topological polar surface area (TPSA) is 67.1 Å². The zero-order valence-corrected chi connectivity index (χ0v) is 17.9. The van der Waals surface area contributed by atoms with Gasteiger partial charge in [0.25, 0.3) is 0 Å². The number of nitrogens with one attached hydrogen (secondary N) is 2. The fourth-order valence-electron chi connectivity index (χ4n) is 2.98. The van der Waals surface area contributed by atoms with Crippen LogP contribution in [0.2, 0.25) is 5.02 Å².